The van der Waals surface area contributed by atoms with E-state index in [4.69, 9.17) is 10.5 Å². The SMILES string of the molecule is Cn1nc(C(=O)O)c2c1CCN(c1cc(C3CCOC3)nc(N)n1)C2. The Morgan fingerprint density at radius 1 is 1.44 bits per heavy atom. The van der Waals surface area contributed by atoms with Crippen molar-refractivity contribution in [3.63, 3.8) is 0 Å². The van der Waals surface area contributed by atoms with Crippen molar-refractivity contribution in [2.24, 2.45) is 7.05 Å². The first-order valence-electron chi connectivity index (χ1n) is 8.28. The number of anilines is 2. The van der Waals surface area contributed by atoms with E-state index in [0.717, 1.165) is 42.3 Å². The Bertz CT molecular complexity index is 828. The van der Waals surface area contributed by atoms with Crippen LogP contribution in [0.25, 0.3) is 0 Å². The number of hydrogen-bond donors (Lipinski definition) is 2. The van der Waals surface area contributed by atoms with Gasteiger partial charge in [0.15, 0.2) is 5.69 Å². The van der Waals surface area contributed by atoms with Crippen LogP contribution in [0, 0.1) is 0 Å². The Morgan fingerprint density at radius 2 is 2.28 bits per heavy atom. The summed E-state index contributed by atoms with van der Waals surface area (Å²) in [6.45, 7) is 2.55. The minimum atomic E-state index is -1.01. The van der Waals surface area contributed by atoms with Crippen LogP contribution in [0.1, 0.15) is 39.8 Å². The lowest BCUT2D eigenvalue weighted by atomic mass is 10.0. The number of aryl methyl sites for hydroxylation is 1. The van der Waals surface area contributed by atoms with E-state index in [1.807, 2.05) is 11.0 Å². The van der Waals surface area contributed by atoms with Crippen LogP contribution in [0.3, 0.4) is 0 Å². The third kappa shape index (κ3) is 2.80. The molecule has 0 radical (unpaired) electrons. The molecule has 1 saturated heterocycles. The highest BCUT2D eigenvalue weighted by molar-refractivity contribution is 5.87. The number of aromatic nitrogens is 4. The summed E-state index contributed by atoms with van der Waals surface area (Å²) >= 11 is 0. The summed E-state index contributed by atoms with van der Waals surface area (Å²) in [5.41, 5.74) is 8.60. The molecule has 4 heterocycles. The molecule has 0 amide bonds. The van der Waals surface area contributed by atoms with E-state index in [-0.39, 0.29) is 17.6 Å². The van der Waals surface area contributed by atoms with Crippen LogP contribution in [-0.2, 0) is 24.8 Å². The van der Waals surface area contributed by atoms with Crippen molar-refractivity contribution in [3.8, 4) is 0 Å². The molecule has 9 nitrogen and oxygen atoms in total. The standard InChI is InChI=1S/C16H20N6O3/c1-21-12-2-4-22(7-10(12)14(20-21)15(23)24)13-6-11(18-16(17)19-13)9-3-5-25-8-9/h6,9H,2-5,7-8H2,1H3,(H,23,24)(H2,17,18,19). The molecule has 9 heteroatoms. The first-order chi connectivity index (χ1) is 12.0. The van der Waals surface area contributed by atoms with E-state index < -0.39 is 5.97 Å². The van der Waals surface area contributed by atoms with Crippen molar-refractivity contribution in [1.29, 1.82) is 0 Å². The molecule has 4 rings (SSSR count). The number of rotatable bonds is 3. The lowest BCUT2D eigenvalue weighted by molar-refractivity contribution is 0.0688. The minimum absolute atomic E-state index is 0.105. The fourth-order valence-electron chi connectivity index (χ4n) is 3.57. The summed E-state index contributed by atoms with van der Waals surface area (Å²) < 4.78 is 7.10. The van der Waals surface area contributed by atoms with E-state index >= 15 is 0 Å². The van der Waals surface area contributed by atoms with E-state index in [1.54, 1.807) is 11.7 Å². The van der Waals surface area contributed by atoms with Crippen LogP contribution in [-0.4, -0.2) is 50.6 Å². The Kier molecular flexibility index (Phi) is 3.79. The molecule has 0 aliphatic carbocycles. The second kappa shape index (κ2) is 5.99. The molecule has 0 spiro atoms. The van der Waals surface area contributed by atoms with Crippen LogP contribution >= 0.6 is 0 Å². The second-order valence-electron chi connectivity index (χ2n) is 6.44. The summed E-state index contributed by atoms with van der Waals surface area (Å²) in [5.74, 6) is 0.178. The molecule has 132 valence electrons. The van der Waals surface area contributed by atoms with Gasteiger partial charge < -0.3 is 20.5 Å². The van der Waals surface area contributed by atoms with Gasteiger partial charge >= 0.3 is 5.97 Å². The molecule has 1 atom stereocenters. The number of nitrogens with zero attached hydrogens (tertiary/aromatic N) is 5. The molecule has 0 bridgehead atoms. The molecule has 0 saturated carbocycles. The number of fused-ring (bicyclic) bond motifs is 1. The number of aromatic carboxylic acids is 1. The van der Waals surface area contributed by atoms with Crippen LogP contribution in [0.4, 0.5) is 11.8 Å². The quantitative estimate of drug-likeness (QED) is 0.829. The smallest absolute Gasteiger partial charge is 0.356 e. The summed E-state index contributed by atoms with van der Waals surface area (Å²) in [5, 5.41) is 13.5. The lowest BCUT2D eigenvalue weighted by Gasteiger charge is -2.29. The second-order valence-corrected chi connectivity index (χ2v) is 6.44. The fourth-order valence-corrected chi connectivity index (χ4v) is 3.57. The van der Waals surface area contributed by atoms with Gasteiger partial charge in [-0.05, 0) is 6.42 Å². The Morgan fingerprint density at radius 3 is 3.00 bits per heavy atom. The zero-order chi connectivity index (χ0) is 17.6. The van der Waals surface area contributed by atoms with Gasteiger partial charge in [-0.1, -0.05) is 0 Å². The predicted molar refractivity (Wildman–Crippen MR) is 89.5 cm³/mol. The maximum atomic E-state index is 11.5. The maximum absolute atomic E-state index is 11.5. The molecule has 2 aliphatic rings. The van der Waals surface area contributed by atoms with Gasteiger partial charge in [0.1, 0.15) is 5.82 Å². The molecular formula is C16H20N6O3. The average Bonchev–Trinajstić information content (AvgIpc) is 3.22. The van der Waals surface area contributed by atoms with Gasteiger partial charge in [0, 0.05) is 56.4 Å². The minimum Gasteiger partial charge on any atom is -0.476 e. The third-order valence-electron chi connectivity index (χ3n) is 4.87. The molecule has 2 aromatic heterocycles. The molecule has 2 aliphatic heterocycles. The molecule has 3 N–H and O–H groups in total. The number of ether oxygens (including phenoxy) is 1. The molecule has 0 aromatic carbocycles. The molecule has 2 aromatic rings. The van der Waals surface area contributed by atoms with Crippen molar-refractivity contribution in [1.82, 2.24) is 19.7 Å². The number of carboxylic acids is 1. The zero-order valence-corrected chi connectivity index (χ0v) is 14.0. The Balaban J connectivity index is 1.66. The van der Waals surface area contributed by atoms with Gasteiger partial charge in [-0.25, -0.2) is 9.78 Å². The molecule has 1 fully saturated rings. The summed E-state index contributed by atoms with van der Waals surface area (Å²) in [7, 11) is 1.78. The summed E-state index contributed by atoms with van der Waals surface area (Å²) in [6.07, 6.45) is 1.63. The number of carbonyl (C=O) groups is 1. The maximum Gasteiger partial charge on any atom is 0.356 e. The summed E-state index contributed by atoms with van der Waals surface area (Å²) in [6, 6.07) is 1.94. The van der Waals surface area contributed by atoms with Crippen LogP contribution in [0.15, 0.2) is 6.07 Å². The van der Waals surface area contributed by atoms with Gasteiger partial charge in [-0.2, -0.15) is 10.1 Å². The number of nitrogens with two attached hydrogens (primary N) is 1. The van der Waals surface area contributed by atoms with Crippen molar-refractivity contribution < 1.29 is 14.6 Å². The molecule has 1 unspecified atom stereocenters. The van der Waals surface area contributed by atoms with Gasteiger partial charge in [0.2, 0.25) is 5.95 Å². The van der Waals surface area contributed by atoms with Gasteiger partial charge in [0.25, 0.3) is 0 Å². The van der Waals surface area contributed by atoms with E-state index in [9.17, 15) is 9.90 Å². The van der Waals surface area contributed by atoms with Crippen LogP contribution < -0.4 is 10.6 Å². The topological polar surface area (TPSA) is 119 Å². The predicted octanol–water partition coefficient (Wildman–Crippen LogP) is 0.557. The van der Waals surface area contributed by atoms with Gasteiger partial charge in [-0.3, -0.25) is 4.68 Å². The van der Waals surface area contributed by atoms with Crippen molar-refractivity contribution >= 4 is 17.7 Å². The van der Waals surface area contributed by atoms with Crippen molar-refractivity contribution in [2.75, 3.05) is 30.4 Å². The van der Waals surface area contributed by atoms with E-state index in [1.165, 1.54) is 0 Å². The third-order valence-corrected chi connectivity index (χ3v) is 4.87. The fraction of sp³-hybridized carbons (Fsp3) is 0.500. The van der Waals surface area contributed by atoms with Crippen LogP contribution in [0.2, 0.25) is 0 Å². The van der Waals surface area contributed by atoms with E-state index in [0.29, 0.717) is 19.6 Å². The first kappa shape index (κ1) is 15.8. The molecular weight excluding hydrogens is 324 g/mol. The highest BCUT2D eigenvalue weighted by atomic mass is 16.5. The number of hydrogen-bond acceptors (Lipinski definition) is 7. The summed E-state index contributed by atoms with van der Waals surface area (Å²) in [4.78, 5) is 22.2. The highest BCUT2D eigenvalue weighted by Crippen LogP contribution is 2.30. The Labute approximate surface area is 144 Å². The average molecular weight is 344 g/mol. The van der Waals surface area contributed by atoms with Gasteiger partial charge in [0.05, 0.1) is 12.3 Å². The largest absolute Gasteiger partial charge is 0.476 e. The van der Waals surface area contributed by atoms with Crippen LogP contribution in [0.5, 0.6) is 0 Å². The normalized spacial score (nSPS) is 19.9. The van der Waals surface area contributed by atoms with E-state index in [2.05, 4.69) is 15.1 Å². The highest BCUT2D eigenvalue weighted by Gasteiger charge is 2.28. The Hall–Kier alpha value is -2.68. The lowest BCUT2D eigenvalue weighted by Crippen LogP contribution is -2.32. The van der Waals surface area contributed by atoms with Crippen molar-refractivity contribution in [3.05, 3.63) is 28.7 Å². The van der Waals surface area contributed by atoms with Gasteiger partial charge in [-0.15, -0.1) is 0 Å². The molecule has 25 heavy (non-hydrogen) atoms. The number of nitrogen functional groups attached to an aromatic ring is 1. The monoisotopic (exact) mass is 344 g/mol. The van der Waals surface area contributed by atoms with Crippen molar-refractivity contribution in [2.45, 2.75) is 25.3 Å². The first-order valence-corrected chi connectivity index (χ1v) is 8.28. The number of carboxylic acid groups (broad SMARTS) is 1. The zero-order valence-electron chi connectivity index (χ0n) is 14.0.